The number of benzene rings is 1. The molecule has 0 fully saturated rings. The molecule has 0 unspecified atom stereocenters. The van der Waals surface area contributed by atoms with Crippen molar-refractivity contribution in [1.29, 1.82) is 0 Å². The molecule has 0 saturated heterocycles. The van der Waals surface area contributed by atoms with Gasteiger partial charge in [-0.3, -0.25) is 14.9 Å². The molecule has 1 aliphatic heterocycles. The monoisotopic (exact) mass is 306 g/mol. The normalized spacial score (nSPS) is 14.0. The molecule has 1 amide bonds. The smallest absolute Gasteiger partial charge is 0.352 e. The number of non-ortho nitro benzene ring substituents is 1. The Morgan fingerprint density at radius 2 is 2.00 bits per heavy atom. The van der Waals surface area contributed by atoms with Crippen LogP contribution in [-0.4, -0.2) is 28.5 Å². The summed E-state index contributed by atoms with van der Waals surface area (Å²) < 4.78 is 0. The zero-order valence-corrected chi connectivity index (χ0v) is 11.0. The van der Waals surface area contributed by atoms with Gasteiger partial charge in [-0.15, -0.1) is 0 Å². The molecule has 0 bridgehead atoms. The predicted octanol–water partition coefficient (Wildman–Crippen LogP) is 1.14. The van der Waals surface area contributed by atoms with Gasteiger partial charge in [0, 0.05) is 23.3 Å². The van der Waals surface area contributed by atoms with E-state index in [0.29, 0.717) is 5.57 Å². The number of carboxylic acid groups (broad SMARTS) is 1. The predicted molar refractivity (Wildman–Crippen MR) is 71.4 cm³/mol. The summed E-state index contributed by atoms with van der Waals surface area (Å²) in [6.07, 6.45) is 2.40. The number of nitro groups is 1. The molecule has 0 saturated carbocycles. The first-order chi connectivity index (χ1) is 10.5. The summed E-state index contributed by atoms with van der Waals surface area (Å²) >= 11 is 0. The molecule has 1 aromatic carbocycles. The van der Waals surface area contributed by atoms with E-state index in [2.05, 4.69) is 15.1 Å². The highest BCUT2D eigenvalue weighted by atomic mass is 17.2. The molecule has 0 atom stereocenters. The average Bonchev–Trinajstić information content (AvgIpc) is 2.99. The molecule has 114 valence electrons. The molecule has 0 radical (unpaired) electrons. The summed E-state index contributed by atoms with van der Waals surface area (Å²) in [5.41, 5.74) is -0.0216. The minimum Gasteiger partial charge on any atom is -0.477 e. The first-order valence-electron chi connectivity index (χ1n) is 5.95. The Morgan fingerprint density at radius 3 is 2.50 bits per heavy atom. The third-order valence-electron chi connectivity index (χ3n) is 2.64. The summed E-state index contributed by atoms with van der Waals surface area (Å²) in [4.78, 5) is 42.0. The molecule has 0 aliphatic carbocycles. The molecular formula is C13H10N2O7. The molecule has 1 aliphatic rings. The number of amides is 1. The van der Waals surface area contributed by atoms with Gasteiger partial charge in [-0.25, -0.2) is 4.79 Å². The van der Waals surface area contributed by atoms with Gasteiger partial charge in [-0.05, 0) is 18.2 Å². The van der Waals surface area contributed by atoms with Gasteiger partial charge in [0.2, 0.25) is 0 Å². The Labute approximate surface area is 123 Å². The number of nitro benzene ring substituents is 1. The topological polar surface area (TPSA) is 128 Å². The molecule has 2 rings (SSSR count). The van der Waals surface area contributed by atoms with E-state index in [4.69, 9.17) is 5.11 Å². The molecule has 9 nitrogen and oxygen atoms in total. The fraction of sp³-hybridized carbons (Fsp3) is 0.0769. The SMILES string of the molecule is O=C(O)C(=CC1=COOC1)NC(=O)c1ccc([N+](=O)[O-])cc1. The second-order valence-corrected chi connectivity index (χ2v) is 4.17. The Kier molecular flexibility index (Phi) is 4.49. The highest BCUT2D eigenvalue weighted by Crippen LogP contribution is 2.13. The summed E-state index contributed by atoms with van der Waals surface area (Å²) in [7, 11) is 0. The third kappa shape index (κ3) is 3.67. The van der Waals surface area contributed by atoms with Gasteiger partial charge in [-0.2, -0.15) is 4.89 Å². The number of nitrogens with one attached hydrogen (secondary N) is 1. The Balaban J connectivity index is 2.14. The lowest BCUT2D eigenvalue weighted by molar-refractivity contribution is -0.384. The average molecular weight is 306 g/mol. The van der Waals surface area contributed by atoms with Gasteiger partial charge >= 0.3 is 5.97 Å². The maximum absolute atomic E-state index is 11.9. The third-order valence-corrected chi connectivity index (χ3v) is 2.64. The number of rotatable bonds is 5. The second kappa shape index (κ2) is 6.50. The van der Waals surface area contributed by atoms with Crippen LogP contribution in [-0.2, 0) is 14.6 Å². The Bertz CT molecular complexity index is 676. The van der Waals surface area contributed by atoms with E-state index in [-0.39, 0.29) is 23.6 Å². The van der Waals surface area contributed by atoms with E-state index in [0.717, 1.165) is 12.1 Å². The van der Waals surface area contributed by atoms with Gasteiger partial charge in [0.15, 0.2) is 0 Å². The van der Waals surface area contributed by atoms with Gasteiger partial charge < -0.3 is 15.3 Å². The van der Waals surface area contributed by atoms with Crippen LogP contribution in [0.1, 0.15) is 10.4 Å². The van der Waals surface area contributed by atoms with Crippen molar-refractivity contribution in [2.24, 2.45) is 0 Å². The van der Waals surface area contributed by atoms with Crippen molar-refractivity contribution < 1.29 is 29.4 Å². The van der Waals surface area contributed by atoms with Crippen LogP contribution in [0.5, 0.6) is 0 Å². The highest BCUT2D eigenvalue weighted by Gasteiger charge is 2.16. The number of carbonyl (C=O) groups excluding carboxylic acids is 1. The van der Waals surface area contributed by atoms with Crippen LogP contribution >= 0.6 is 0 Å². The maximum Gasteiger partial charge on any atom is 0.352 e. The van der Waals surface area contributed by atoms with Crippen LogP contribution in [0.2, 0.25) is 0 Å². The zero-order valence-electron chi connectivity index (χ0n) is 11.0. The fourth-order valence-corrected chi connectivity index (χ4v) is 1.57. The van der Waals surface area contributed by atoms with Crippen molar-refractivity contribution in [1.82, 2.24) is 5.32 Å². The van der Waals surface area contributed by atoms with Gasteiger partial charge in [0.05, 0.1) is 4.92 Å². The van der Waals surface area contributed by atoms with E-state index >= 15 is 0 Å². The molecule has 1 aromatic rings. The van der Waals surface area contributed by atoms with E-state index in [1.165, 1.54) is 24.5 Å². The minimum atomic E-state index is -1.34. The largest absolute Gasteiger partial charge is 0.477 e. The Morgan fingerprint density at radius 1 is 1.32 bits per heavy atom. The number of hydrogen-bond donors (Lipinski definition) is 2. The van der Waals surface area contributed by atoms with Crippen molar-refractivity contribution in [2.75, 3.05) is 6.61 Å². The summed E-state index contributed by atoms with van der Waals surface area (Å²) in [5, 5.41) is 21.8. The van der Waals surface area contributed by atoms with Crippen molar-refractivity contribution >= 4 is 17.6 Å². The summed E-state index contributed by atoms with van der Waals surface area (Å²) in [6.45, 7) is 0.0597. The first kappa shape index (κ1) is 15.2. The minimum absolute atomic E-state index is 0.0597. The quantitative estimate of drug-likeness (QED) is 0.361. The van der Waals surface area contributed by atoms with Crippen molar-refractivity contribution in [3.05, 3.63) is 63.6 Å². The van der Waals surface area contributed by atoms with Gasteiger partial charge in [0.25, 0.3) is 11.6 Å². The highest BCUT2D eigenvalue weighted by molar-refractivity contribution is 6.00. The van der Waals surface area contributed by atoms with E-state index in [1.807, 2.05) is 0 Å². The number of nitrogens with zero attached hydrogens (tertiary/aromatic N) is 1. The van der Waals surface area contributed by atoms with Crippen molar-refractivity contribution in [3.63, 3.8) is 0 Å². The van der Waals surface area contributed by atoms with Crippen LogP contribution in [0.15, 0.2) is 47.9 Å². The first-order valence-corrected chi connectivity index (χ1v) is 5.95. The number of carboxylic acids is 1. The fourth-order valence-electron chi connectivity index (χ4n) is 1.57. The van der Waals surface area contributed by atoms with Crippen LogP contribution in [0, 0.1) is 10.1 Å². The molecule has 2 N–H and O–H groups in total. The van der Waals surface area contributed by atoms with E-state index in [1.54, 1.807) is 0 Å². The summed E-state index contributed by atoms with van der Waals surface area (Å²) in [6, 6.07) is 4.77. The Hall–Kier alpha value is -3.20. The number of hydrogen-bond acceptors (Lipinski definition) is 6. The number of aliphatic carboxylic acids is 1. The maximum atomic E-state index is 11.9. The van der Waals surface area contributed by atoms with Crippen molar-refractivity contribution in [2.45, 2.75) is 0 Å². The molecule has 0 aromatic heterocycles. The van der Waals surface area contributed by atoms with Gasteiger partial charge in [0.1, 0.15) is 18.6 Å². The van der Waals surface area contributed by atoms with Crippen LogP contribution in [0.4, 0.5) is 5.69 Å². The summed E-state index contributed by atoms with van der Waals surface area (Å²) in [5.74, 6) is -2.05. The molecule has 22 heavy (non-hydrogen) atoms. The van der Waals surface area contributed by atoms with Crippen LogP contribution < -0.4 is 5.32 Å². The molecular weight excluding hydrogens is 296 g/mol. The standard InChI is InChI=1S/C13H10N2O7/c16-12(9-1-3-10(4-2-9)15(19)20)14-11(13(17)18)5-8-6-21-22-7-8/h1-6H,7H2,(H,14,16)(H,17,18). The lowest BCUT2D eigenvalue weighted by Gasteiger charge is -2.06. The zero-order chi connectivity index (χ0) is 16.1. The lowest BCUT2D eigenvalue weighted by atomic mass is 10.2. The molecule has 9 heteroatoms. The van der Waals surface area contributed by atoms with Crippen LogP contribution in [0.3, 0.4) is 0 Å². The van der Waals surface area contributed by atoms with Gasteiger partial charge in [-0.1, -0.05) is 0 Å². The molecule has 1 heterocycles. The van der Waals surface area contributed by atoms with Crippen LogP contribution in [0.25, 0.3) is 0 Å². The molecule has 0 spiro atoms. The second-order valence-electron chi connectivity index (χ2n) is 4.17. The van der Waals surface area contributed by atoms with E-state index in [9.17, 15) is 19.7 Å². The lowest BCUT2D eigenvalue weighted by Crippen LogP contribution is -2.27. The van der Waals surface area contributed by atoms with Crippen molar-refractivity contribution in [3.8, 4) is 0 Å². The van der Waals surface area contributed by atoms with E-state index < -0.39 is 16.8 Å². The number of carbonyl (C=O) groups is 2.